The Balaban J connectivity index is 1.54. The van der Waals surface area contributed by atoms with E-state index >= 15 is 0 Å². The van der Waals surface area contributed by atoms with E-state index in [-0.39, 0.29) is 29.6 Å². The Morgan fingerprint density at radius 2 is 1.62 bits per heavy atom. The van der Waals surface area contributed by atoms with Gasteiger partial charge in [-0.1, -0.05) is 48.5 Å². The second-order valence-corrected chi connectivity index (χ2v) is 11.4. The molecule has 1 aliphatic heterocycles. The Morgan fingerprint density at radius 1 is 0.919 bits per heavy atom. The molecule has 37 heavy (non-hydrogen) atoms. The first-order chi connectivity index (χ1) is 17.7. The minimum Gasteiger partial charge on any atom is -0.495 e. The van der Waals surface area contributed by atoms with Crippen molar-refractivity contribution in [3.63, 3.8) is 0 Å². The van der Waals surface area contributed by atoms with Gasteiger partial charge in [-0.25, -0.2) is 8.42 Å². The molecule has 0 spiro atoms. The SMILES string of the molecule is COc1ccc(C)cc1S(=O)(=O)N(CC(=O)N1CCN(c2cccc(C)c2C)CC1)Cc1ccccc1. The first kappa shape index (κ1) is 26.7. The third-order valence-electron chi connectivity index (χ3n) is 7.00. The molecule has 3 aromatic carbocycles. The van der Waals surface area contributed by atoms with Crippen LogP contribution in [0.4, 0.5) is 5.69 Å². The van der Waals surface area contributed by atoms with Gasteiger partial charge >= 0.3 is 0 Å². The van der Waals surface area contributed by atoms with Crippen LogP contribution in [0.2, 0.25) is 0 Å². The topological polar surface area (TPSA) is 70.2 Å². The van der Waals surface area contributed by atoms with Gasteiger partial charge < -0.3 is 14.5 Å². The number of carbonyl (C=O) groups is 1. The van der Waals surface area contributed by atoms with Crippen LogP contribution in [0.5, 0.6) is 5.75 Å². The summed E-state index contributed by atoms with van der Waals surface area (Å²) in [5.74, 6) is 0.0602. The summed E-state index contributed by atoms with van der Waals surface area (Å²) < 4.78 is 34.4. The molecule has 3 aromatic rings. The molecule has 0 radical (unpaired) electrons. The molecule has 1 aliphatic rings. The summed E-state index contributed by atoms with van der Waals surface area (Å²) >= 11 is 0. The van der Waals surface area contributed by atoms with Crippen molar-refractivity contribution in [1.29, 1.82) is 0 Å². The number of rotatable bonds is 8. The minimum absolute atomic E-state index is 0.0680. The van der Waals surface area contributed by atoms with Crippen LogP contribution in [0.1, 0.15) is 22.3 Å². The smallest absolute Gasteiger partial charge is 0.247 e. The van der Waals surface area contributed by atoms with Crippen molar-refractivity contribution >= 4 is 21.6 Å². The lowest BCUT2D eigenvalue weighted by Crippen LogP contribution is -2.52. The number of aryl methyl sites for hydroxylation is 2. The number of hydrogen-bond acceptors (Lipinski definition) is 5. The third kappa shape index (κ3) is 5.97. The second-order valence-electron chi connectivity index (χ2n) is 9.50. The van der Waals surface area contributed by atoms with Crippen LogP contribution >= 0.6 is 0 Å². The Bertz CT molecular complexity index is 1350. The van der Waals surface area contributed by atoms with Gasteiger partial charge in [-0.2, -0.15) is 4.31 Å². The summed E-state index contributed by atoms with van der Waals surface area (Å²) in [5, 5.41) is 0. The molecule has 1 saturated heterocycles. The van der Waals surface area contributed by atoms with Crippen molar-refractivity contribution in [1.82, 2.24) is 9.21 Å². The maximum Gasteiger partial charge on any atom is 0.247 e. The molecule has 1 amide bonds. The first-order valence-electron chi connectivity index (χ1n) is 12.5. The van der Waals surface area contributed by atoms with E-state index in [1.165, 1.54) is 28.2 Å². The van der Waals surface area contributed by atoms with Crippen molar-refractivity contribution in [3.05, 3.63) is 89.0 Å². The molecule has 7 nitrogen and oxygen atoms in total. The summed E-state index contributed by atoms with van der Waals surface area (Å²) in [6, 6.07) is 20.7. The molecule has 1 fully saturated rings. The van der Waals surface area contributed by atoms with Crippen molar-refractivity contribution < 1.29 is 17.9 Å². The fourth-order valence-corrected chi connectivity index (χ4v) is 6.28. The molecule has 4 rings (SSSR count). The van der Waals surface area contributed by atoms with Crippen LogP contribution in [-0.2, 0) is 21.4 Å². The largest absolute Gasteiger partial charge is 0.495 e. The molecule has 0 aliphatic carbocycles. The number of benzene rings is 3. The van der Waals surface area contributed by atoms with Gasteiger partial charge in [0.1, 0.15) is 10.6 Å². The van der Waals surface area contributed by atoms with E-state index in [0.717, 1.165) is 11.1 Å². The summed E-state index contributed by atoms with van der Waals surface area (Å²) in [5.41, 5.74) is 5.28. The van der Waals surface area contributed by atoms with Crippen molar-refractivity contribution in [2.75, 3.05) is 44.7 Å². The molecule has 0 bridgehead atoms. The molecular formula is C29H35N3O4S. The van der Waals surface area contributed by atoms with Crippen LogP contribution < -0.4 is 9.64 Å². The fourth-order valence-electron chi connectivity index (χ4n) is 4.66. The second kappa shape index (κ2) is 11.4. The molecule has 0 aromatic heterocycles. The average Bonchev–Trinajstić information content (AvgIpc) is 2.90. The number of amides is 1. The van der Waals surface area contributed by atoms with Gasteiger partial charge in [0, 0.05) is 38.4 Å². The maximum atomic E-state index is 13.9. The molecule has 0 N–H and O–H groups in total. The van der Waals surface area contributed by atoms with Gasteiger partial charge in [0.05, 0.1) is 13.7 Å². The van der Waals surface area contributed by atoms with E-state index in [9.17, 15) is 13.2 Å². The summed E-state index contributed by atoms with van der Waals surface area (Å²) in [4.78, 5) is 17.6. The predicted octanol–water partition coefficient (Wildman–Crippen LogP) is 4.16. The number of hydrogen-bond donors (Lipinski definition) is 0. The quantitative estimate of drug-likeness (QED) is 0.445. The highest BCUT2D eigenvalue weighted by molar-refractivity contribution is 7.89. The number of carbonyl (C=O) groups excluding carboxylic acids is 1. The Kier molecular flexibility index (Phi) is 8.19. The van der Waals surface area contributed by atoms with Crippen LogP contribution in [-0.4, -0.2) is 63.4 Å². The molecular weight excluding hydrogens is 486 g/mol. The lowest BCUT2D eigenvalue weighted by molar-refractivity contribution is -0.131. The van der Waals surface area contributed by atoms with Gasteiger partial charge in [-0.3, -0.25) is 4.79 Å². The van der Waals surface area contributed by atoms with E-state index in [0.29, 0.717) is 26.2 Å². The van der Waals surface area contributed by atoms with Crippen LogP contribution in [0.25, 0.3) is 0 Å². The van der Waals surface area contributed by atoms with E-state index in [2.05, 4.69) is 36.9 Å². The van der Waals surface area contributed by atoms with Gasteiger partial charge in [0.25, 0.3) is 0 Å². The number of anilines is 1. The number of sulfonamides is 1. The van der Waals surface area contributed by atoms with E-state index in [1.807, 2.05) is 37.3 Å². The maximum absolute atomic E-state index is 13.9. The van der Waals surface area contributed by atoms with Crippen molar-refractivity contribution in [3.8, 4) is 5.75 Å². The zero-order valence-corrected chi connectivity index (χ0v) is 22.8. The number of piperazine rings is 1. The minimum atomic E-state index is -4.01. The normalized spacial score (nSPS) is 14.2. The summed E-state index contributed by atoms with van der Waals surface area (Å²) in [7, 11) is -2.56. The highest BCUT2D eigenvalue weighted by Gasteiger charge is 2.32. The Hall–Kier alpha value is -3.36. The molecule has 1 heterocycles. The van der Waals surface area contributed by atoms with E-state index in [1.54, 1.807) is 23.1 Å². The van der Waals surface area contributed by atoms with Gasteiger partial charge in [-0.05, 0) is 61.2 Å². The molecule has 0 unspecified atom stereocenters. The molecule has 8 heteroatoms. The van der Waals surface area contributed by atoms with Crippen LogP contribution in [0.15, 0.2) is 71.6 Å². The number of ether oxygens (including phenoxy) is 1. The van der Waals surface area contributed by atoms with Crippen LogP contribution in [0.3, 0.4) is 0 Å². The molecule has 196 valence electrons. The molecule has 0 atom stereocenters. The summed E-state index contributed by atoms with van der Waals surface area (Å²) in [6.45, 7) is 8.39. The van der Waals surface area contributed by atoms with Crippen LogP contribution in [0, 0.1) is 20.8 Å². The number of methoxy groups -OCH3 is 1. The highest BCUT2D eigenvalue weighted by Crippen LogP contribution is 2.29. The average molecular weight is 522 g/mol. The standard InChI is InChI=1S/C29H35N3O4S/c1-22-13-14-27(36-4)28(19-22)37(34,35)32(20-25-10-6-5-7-11-25)21-29(33)31-17-15-30(16-18-31)26-12-8-9-23(2)24(26)3/h5-14,19H,15-18,20-21H2,1-4H3. The van der Waals surface area contributed by atoms with E-state index in [4.69, 9.17) is 4.74 Å². The van der Waals surface area contributed by atoms with Crippen molar-refractivity contribution in [2.24, 2.45) is 0 Å². The zero-order valence-electron chi connectivity index (χ0n) is 22.0. The van der Waals surface area contributed by atoms with Gasteiger partial charge in [0.15, 0.2) is 0 Å². The molecule has 0 saturated carbocycles. The third-order valence-corrected chi connectivity index (χ3v) is 8.81. The van der Waals surface area contributed by atoms with Crippen molar-refractivity contribution in [2.45, 2.75) is 32.2 Å². The van der Waals surface area contributed by atoms with E-state index < -0.39 is 10.0 Å². The fraction of sp³-hybridized carbons (Fsp3) is 0.345. The number of nitrogens with zero attached hydrogens (tertiary/aromatic N) is 3. The van der Waals surface area contributed by atoms with Gasteiger partial charge in [-0.15, -0.1) is 0 Å². The first-order valence-corrected chi connectivity index (χ1v) is 13.9. The monoisotopic (exact) mass is 521 g/mol. The Morgan fingerprint density at radius 3 is 2.30 bits per heavy atom. The predicted molar refractivity (Wildman–Crippen MR) is 146 cm³/mol. The van der Waals surface area contributed by atoms with Gasteiger partial charge in [0.2, 0.25) is 15.9 Å². The lowest BCUT2D eigenvalue weighted by Gasteiger charge is -2.37. The Labute approximate surface area is 220 Å². The summed E-state index contributed by atoms with van der Waals surface area (Å²) in [6.07, 6.45) is 0. The zero-order chi connectivity index (χ0) is 26.6. The highest BCUT2D eigenvalue weighted by atomic mass is 32.2. The lowest BCUT2D eigenvalue weighted by atomic mass is 10.1.